The fraction of sp³-hybridized carbons (Fsp3) is 0.136. The van der Waals surface area contributed by atoms with Gasteiger partial charge < -0.3 is 0 Å². The van der Waals surface area contributed by atoms with Crippen molar-refractivity contribution in [2.75, 3.05) is 0 Å². The van der Waals surface area contributed by atoms with Gasteiger partial charge in [0.2, 0.25) is 0 Å². The van der Waals surface area contributed by atoms with Crippen LogP contribution >= 0.6 is 0 Å². The average molecular weight is 297 g/mol. The number of hydrogen-bond donors (Lipinski definition) is 0. The van der Waals surface area contributed by atoms with Crippen LogP contribution in [-0.4, -0.2) is 0 Å². The first-order valence-corrected chi connectivity index (χ1v) is 7.82. The van der Waals surface area contributed by atoms with E-state index in [0.29, 0.717) is 0 Å². The van der Waals surface area contributed by atoms with Gasteiger partial charge in [-0.25, -0.2) is 0 Å². The molecule has 1 aliphatic rings. The molecule has 1 heteroatoms. The van der Waals surface area contributed by atoms with E-state index in [4.69, 9.17) is 0 Å². The molecule has 0 bridgehead atoms. The van der Waals surface area contributed by atoms with E-state index in [1.165, 1.54) is 27.8 Å². The summed E-state index contributed by atoms with van der Waals surface area (Å²) in [6.07, 6.45) is 7.34. The first-order valence-electron chi connectivity index (χ1n) is 7.82. The van der Waals surface area contributed by atoms with Crippen molar-refractivity contribution < 1.29 is 0 Å². The Morgan fingerprint density at radius 2 is 1.78 bits per heavy atom. The highest BCUT2D eigenvalue weighted by atomic mass is 14.3. The number of fused-ring (bicyclic) bond motifs is 1. The highest BCUT2D eigenvalue weighted by Gasteiger charge is 2.15. The van der Waals surface area contributed by atoms with Crippen LogP contribution in [0.25, 0.3) is 11.6 Å². The number of nitriles is 1. The Balaban J connectivity index is 1.97. The van der Waals surface area contributed by atoms with Crippen molar-refractivity contribution in [2.45, 2.75) is 20.3 Å². The van der Waals surface area contributed by atoms with Crippen LogP contribution in [0, 0.1) is 18.3 Å². The Bertz CT molecular complexity index is 856. The summed E-state index contributed by atoms with van der Waals surface area (Å²) >= 11 is 0. The summed E-state index contributed by atoms with van der Waals surface area (Å²) in [5.41, 5.74) is 7.95. The molecule has 0 unspecified atom stereocenters. The molecule has 0 spiro atoms. The molecule has 0 aromatic heterocycles. The predicted octanol–water partition coefficient (Wildman–Crippen LogP) is 5.49. The molecule has 0 heterocycles. The van der Waals surface area contributed by atoms with E-state index in [1.807, 2.05) is 13.0 Å². The Hall–Kier alpha value is -2.85. The molecular weight excluding hydrogens is 278 g/mol. The van der Waals surface area contributed by atoms with Gasteiger partial charge in [-0.1, -0.05) is 66.2 Å². The quantitative estimate of drug-likeness (QED) is 0.672. The Kier molecular flexibility index (Phi) is 4.26. The van der Waals surface area contributed by atoms with Crippen molar-refractivity contribution in [3.63, 3.8) is 0 Å². The van der Waals surface area contributed by atoms with Crippen LogP contribution in [-0.2, 0) is 6.42 Å². The van der Waals surface area contributed by atoms with Crippen molar-refractivity contribution in [1.29, 1.82) is 5.26 Å². The molecule has 3 rings (SSSR count). The molecule has 23 heavy (non-hydrogen) atoms. The summed E-state index contributed by atoms with van der Waals surface area (Å²) < 4.78 is 0. The molecule has 0 atom stereocenters. The standard InChI is InChI=1S/C22H19N/c1-16-7-9-18(10-8-16)11-12-19-13-20-5-3-4-6-21(20)22(14-19)17(2)15-23/h3-12,14H,13H2,1-2H3/b12-11+,22-17+. The smallest absolute Gasteiger partial charge is 0.0950 e. The maximum absolute atomic E-state index is 9.28. The molecule has 1 nitrogen and oxygen atoms in total. The maximum Gasteiger partial charge on any atom is 0.0950 e. The third kappa shape index (κ3) is 3.33. The molecule has 1 aliphatic carbocycles. The summed E-state index contributed by atoms with van der Waals surface area (Å²) in [6, 6.07) is 19.1. The molecule has 0 N–H and O–H groups in total. The van der Waals surface area contributed by atoms with Crippen molar-refractivity contribution >= 4 is 11.6 Å². The summed E-state index contributed by atoms with van der Waals surface area (Å²) in [6.45, 7) is 3.98. The minimum Gasteiger partial charge on any atom is -0.193 e. The van der Waals surface area contributed by atoms with E-state index in [9.17, 15) is 5.26 Å². The Morgan fingerprint density at radius 3 is 2.52 bits per heavy atom. The van der Waals surface area contributed by atoms with Crippen LogP contribution in [0.3, 0.4) is 0 Å². The second-order valence-corrected chi connectivity index (χ2v) is 5.95. The van der Waals surface area contributed by atoms with Crippen molar-refractivity contribution in [2.24, 2.45) is 0 Å². The lowest BCUT2D eigenvalue weighted by atomic mass is 9.86. The molecule has 0 fully saturated rings. The second kappa shape index (κ2) is 6.50. The fourth-order valence-electron chi connectivity index (χ4n) is 2.83. The van der Waals surface area contributed by atoms with Crippen LogP contribution < -0.4 is 0 Å². The van der Waals surface area contributed by atoms with Gasteiger partial charge >= 0.3 is 0 Å². The minimum absolute atomic E-state index is 0.762. The molecule has 2 aromatic carbocycles. The van der Waals surface area contributed by atoms with E-state index in [0.717, 1.165) is 17.6 Å². The number of rotatable bonds is 2. The van der Waals surface area contributed by atoms with Crippen LogP contribution in [0.2, 0.25) is 0 Å². The SMILES string of the molecule is C/C(C#N)=C1C=C(/C=C/c2ccc(C)cc2)Cc2ccccc2/1. The molecular formula is C22H19N. The van der Waals surface area contributed by atoms with Crippen LogP contribution in [0.15, 0.2) is 71.8 Å². The van der Waals surface area contributed by atoms with Gasteiger partial charge in [-0.2, -0.15) is 5.26 Å². The molecule has 0 amide bonds. The predicted molar refractivity (Wildman–Crippen MR) is 96.6 cm³/mol. The van der Waals surface area contributed by atoms with Gasteiger partial charge in [0.05, 0.1) is 6.07 Å². The van der Waals surface area contributed by atoms with Crippen LogP contribution in [0.4, 0.5) is 0 Å². The van der Waals surface area contributed by atoms with Gasteiger partial charge in [-0.3, -0.25) is 0 Å². The minimum atomic E-state index is 0.762. The fourth-order valence-corrected chi connectivity index (χ4v) is 2.83. The lowest BCUT2D eigenvalue weighted by molar-refractivity contribution is 1.16. The van der Waals surface area contributed by atoms with E-state index < -0.39 is 0 Å². The summed E-state index contributed by atoms with van der Waals surface area (Å²) in [7, 11) is 0. The van der Waals surface area contributed by atoms with Gasteiger partial charge in [0.15, 0.2) is 0 Å². The third-order valence-corrected chi connectivity index (χ3v) is 4.17. The first-order chi connectivity index (χ1) is 11.2. The maximum atomic E-state index is 9.28. The summed E-state index contributed by atoms with van der Waals surface area (Å²) in [4.78, 5) is 0. The van der Waals surface area contributed by atoms with Crippen LogP contribution in [0.1, 0.15) is 29.2 Å². The molecule has 2 aromatic rings. The van der Waals surface area contributed by atoms with Gasteiger partial charge in [0, 0.05) is 5.57 Å². The van der Waals surface area contributed by atoms with E-state index in [1.54, 1.807) is 0 Å². The molecule has 0 saturated carbocycles. The lowest BCUT2D eigenvalue weighted by Crippen LogP contribution is -2.02. The topological polar surface area (TPSA) is 23.8 Å². The van der Waals surface area contributed by atoms with Gasteiger partial charge in [-0.15, -0.1) is 0 Å². The van der Waals surface area contributed by atoms with E-state index in [2.05, 4.69) is 73.7 Å². The highest BCUT2D eigenvalue weighted by molar-refractivity contribution is 5.84. The number of nitrogens with zero attached hydrogens (tertiary/aromatic N) is 1. The Morgan fingerprint density at radius 1 is 1.04 bits per heavy atom. The van der Waals surface area contributed by atoms with Gasteiger partial charge in [0.25, 0.3) is 0 Å². The van der Waals surface area contributed by atoms with Gasteiger partial charge in [-0.05, 0) is 54.2 Å². The molecule has 112 valence electrons. The number of aryl methyl sites for hydroxylation is 1. The monoisotopic (exact) mass is 297 g/mol. The zero-order chi connectivity index (χ0) is 16.2. The van der Waals surface area contributed by atoms with Crippen molar-refractivity contribution in [1.82, 2.24) is 0 Å². The van der Waals surface area contributed by atoms with Crippen molar-refractivity contribution in [3.8, 4) is 6.07 Å². The highest BCUT2D eigenvalue weighted by Crippen LogP contribution is 2.32. The number of allylic oxidation sites excluding steroid dienone is 5. The second-order valence-electron chi connectivity index (χ2n) is 5.95. The van der Waals surface area contributed by atoms with Crippen molar-refractivity contribution in [3.05, 3.63) is 94.1 Å². The largest absolute Gasteiger partial charge is 0.193 e. The summed E-state index contributed by atoms with van der Waals surface area (Å²) in [5, 5.41) is 9.28. The molecule has 0 saturated heterocycles. The van der Waals surface area contributed by atoms with Gasteiger partial charge in [0.1, 0.15) is 0 Å². The molecule has 0 aliphatic heterocycles. The van der Waals surface area contributed by atoms with E-state index >= 15 is 0 Å². The van der Waals surface area contributed by atoms with Crippen LogP contribution in [0.5, 0.6) is 0 Å². The first kappa shape index (κ1) is 15.1. The van der Waals surface area contributed by atoms with E-state index in [-0.39, 0.29) is 0 Å². The zero-order valence-corrected chi connectivity index (χ0v) is 13.5. The zero-order valence-electron chi connectivity index (χ0n) is 13.5. The number of benzene rings is 2. The normalized spacial score (nSPS) is 15.8. The third-order valence-electron chi connectivity index (χ3n) is 4.17. The Labute approximate surface area is 137 Å². The lowest BCUT2D eigenvalue weighted by Gasteiger charge is -2.18. The number of hydrogen-bond acceptors (Lipinski definition) is 1. The summed E-state index contributed by atoms with van der Waals surface area (Å²) in [5.74, 6) is 0. The molecule has 0 radical (unpaired) electrons. The average Bonchev–Trinajstić information content (AvgIpc) is 2.60.